The van der Waals surface area contributed by atoms with Crippen molar-refractivity contribution in [3.8, 4) is 17.1 Å². The Morgan fingerprint density at radius 1 is 0.905 bits per heavy atom. The van der Waals surface area contributed by atoms with Crippen LogP contribution in [-0.2, 0) is 24.3 Å². The predicted molar refractivity (Wildman–Crippen MR) is 151 cm³/mol. The maximum absolute atomic E-state index is 15.5. The van der Waals surface area contributed by atoms with Crippen molar-refractivity contribution in [1.82, 2.24) is 14.5 Å². The van der Waals surface area contributed by atoms with Gasteiger partial charge in [-0.2, -0.15) is 0 Å². The molecule has 0 amide bonds. The lowest BCUT2D eigenvalue weighted by Gasteiger charge is -2.13. The minimum atomic E-state index is -1.04. The van der Waals surface area contributed by atoms with Crippen LogP contribution in [0.25, 0.3) is 22.3 Å². The van der Waals surface area contributed by atoms with Gasteiger partial charge in [-0.05, 0) is 79.1 Å². The molecule has 216 valence electrons. The molecule has 0 spiro atoms. The number of aromatic nitrogens is 3. The third-order valence-electron chi connectivity index (χ3n) is 7.03. The van der Waals surface area contributed by atoms with Crippen LogP contribution in [0, 0.1) is 31.3 Å². The lowest BCUT2D eigenvalue weighted by Crippen LogP contribution is -2.10. The number of hydrogen-bond donors (Lipinski definition) is 1. The average molecular weight is 576 g/mol. The highest BCUT2D eigenvalue weighted by molar-refractivity contribution is 5.92. The molecule has 2 aromatic heterocycles. The fourth-order valence-electron chi connectivity index (χ4n) is 4.74. The number of imidazole rings is 1. The summed E-state index contributed by atoms with van der Waals surface area (Å²) in [5.41, 5.74) is 4.12. The second-order valence-electron chi connectivity index (χ2n) is 9.98. The molecule has 0 aliphatic rings. The first-order chi connectivity index (χ1) is 20.1. The Kier molecular flexibility index (Phi) is 8.26. The molecule has 0 fully saturated rings. The van der Waals surface area contributed by atoms with E-state index >= 15 is 4.39 Å². The Morgan fingerprint density at radius 2 is 1.71 bits per heavy atom. The van der Waals surface area contributed by atoms with Gasteiger partial charge in [-0.15, -0.1) is 0 Å². The van der Waals surface area contributed by atoms with E-state index in [0.717, 1.165) is 17.2 Å². The molecular weight excluding hydrogens is 547 g/mol. The highest BCUT2D eigenvalue weighted by Gasteiger charge is 2.18. The summed E-state index contributed by atoms with van der Waals surface area (Å²) in [5, 5.41) is 9.43. The molecule has 0 aliphatic heterocycles. The first kappa shape index (κ1) is 28.8. The maximum atomic E-state index is 15.5. The molecule has 5 rings (SSSR count). The molecule has 0 aliphatic carbocycles. The van der Waals surface area contributed by atoms with Crippen LogP contribution in [-0.4, -0.2) is 39.3 Å². The van der Waals surface area contributed by atoms with Crippen LogP contribution in [0.15, 0.2) is 60.7 Å². The Morgan fingerprint density at radius 3 is 2.45 bits per heavy atom. The summed E-state index contributed by atoms with van der Waals surface area (Å²) in [6.07, 6.45) is 0.275. The minimum absolute atomic E-state index is 0.137. The van der Waals surface area contributed by atoms with Crippen molar-refractivity contribution in [1.29, 1.82) is 0 Å². The molecule has 1 N–H and O–H groups in total. The summed E-state index contributed by atoms with van der Waals surface area (Å²) in [5.74, 6) is -2.57. The van der Waals surface area contributed by atoms with Crippen LogP contribution >= 0.6 is 0 Å². The van der Waals surface area contributed by atoms with Gasteiger partial charge in [0.2, 0.25) is 0 Å². The van der Waals surface area contributed by atoms with Crippen molar-refractivity contribution in [3.63, 3.8) is 0 Å². The molecule has 0 atom stereocenters. The highest BCUT2D eigenvalue weighted by atomic mass is 19.1. The number of rotatable bonds is 10. The Balaban J connectivity index is 1.44. The van der Waals surface area contributed by atoms with Gasteiger partial charge < -0.3 is 19.1 Å². The van der Waals surface area contributed by atoms with Crippen molar-refractivity contribution in [2.45, 2.75) is 33.4 Å². The lowest BCUT2D eigenvalue weighted by molar-refractivity contribution is 0.0697. The first-order valence-electron chi connectivity index (χ1n) is 13.2. The van der Waals surface area contributed by atoms with Gasteiger partial charge in [-0.25, -0.2) is 27.9 Å². The maximum Gasteiger partial charge on any atom is 0.335 e. The highest BCUT2D eigenvalue weighted by Crippen LogP contribution is 2.29. The molecule has 3 aromatic carbocycles. The number of nitrogens with zero attached hydrogens (tertiary/aromatic N) is 3. The Hall–Kier alpha value is -4.70. The van der Waals surface area contributed by atoms with Gasteiger partial charge >= 0.3 is 5.97 Å². The molecule has 10 heteroatoms. The van der Waals surface area contributed by atoms with Crippen LogP contribution in [0.2, 0.25) is 0 Å². The van der Waals surface area contributed by atoms with E-state index in [-0.39, 0.29) is 41.3 Å². The summed E-state index contributed by atoms with van der Waals surface area (Å²) in [6.45, 7) is 4.15. The van der Waals surface area contributed by atoms with Crippen LogP contribution in [0.5, 0.6) is 5.88 Å². The van der Waals surface area contributed by atoms with Crippen LogP contribution < -0.4 is 4.74 Å². The number of carbonyl (C=O) groups is 1. The van der Waals surface area contributed by atoms with Crippen LogP contribution in [0.4, 0.5) is 13.2 Å². The lowest BCUT2D eigenvalue weighted by atomic mass is 9.99. The van der Waals surface area contributed by atoms with Gasteiger partial charge in [0.25, 0.3) is 5.88 Å². The van der Waals surface area contributed by atoms with Crippen molar-refractivity contribution in [2.24, 2.45) is 0 Å². The number of carboxylic acids is 1. The number of benzene rings is 3. The fourth-order valence-corrected chi connectivity index (χ4v) is 4.74. The van der Waals surface area contributed by atoms with E-state index in [1.165, 1.54) is 24.3 Å². The van der Waals surface area contributed by atoms with Gasteiger partial charge in [0.05, 0.1) is 28.9 Å². The summed E-state index contributed by atoms with van der Waals surface area (Å²) < 4.78 is 56.8. The van der Waals surface area contributed by atoms with Crippen LogP contribution in [0.1, 0.15) is 38.4 Å². The molecule has 42 heavy (non-hydrogen) atoms. The number of fused-ring (bicyclic) bond motifs is 1. The van der Waals surface area contributed by atoms with E-state index < -0.39 is 23.4 Å². The summed E-state index contributed by atoms with van der Waals surface area (Å²) in [7, 11) is 1.57. The third-order valence-corrected chi connectivity index (χ3v) is 7.03. The van der Waals surface area contributed by atoms with Crippen molar-refractivity contribution in [2.75, 3.05) is 13.7 Å². The smallest absolute Gasteiger partial charge is 0.335 e. The van der Waals surface area contributed by atoms with Gasteiger partial charge in [0.1, 0.15) is 24.1 Å². The summed E-state index contributed by atoms with van der Waals surface area (Å²) >= 11 is 0. The Labute approximate surface area is 240 Å². The number of aryl methyl sites for hydroxylation is 2. The Bertz CT molecular complexity index is 1800. The van der Waals surface area contributed by atoms with E-state index in [4.69, 9.17) is 9.47 Å². The molecule has 2 heterocycles. The monoisotopic (exact) mass is 575 g/mol. The number of carboxylic acid groups (broad SMARTS) is 1. The van der Waals surface area contributed by atoms with Gasteiger partial charge in [0.15, 0.2) is 5.82 Å². The fraction of sp³-hybridized carbons (Fsp3) is 0.219. The zero-order valence-corrected chi connectivity index (χ0v) is 23.2. The normalized spacial score (nSPS) is 11.3. The van der Waals surface area contributed by atoms with E-state index in [1.807, 2.05) is 11.5 Å². The number of halogens is 3. The van der Waals surface area contributed by atoms with Crippen LogP contribution in [0.3, 0.4) is 0 Å². The van der Waals surface area contributed by atoms with Crippen molar-refractivity contribution >= 4 is 17.0 Å². The van der Waals surface area contributed by atoms with E-state index in [0.29, 0.717) is 35.6 Å². The number of ether oxygens (including phenoxy) is 2. The molecule has 0 saturated carbocycles. The topological polar surface area (TPSA) is 86.5 Å². The molecular formula is C32H28F3N3O4. The molecule has 0 radical (unpaired) electrons. The van der Waals surface area contributed by atoms with Crippen molar-refractivity contribution < 1.29 is 32.5 Å². The second kappa shape index (κ2) is 12.0. The number of aromatic carboxylic acids is 1. The quantitative estimate of drug-likeness (QED) is 0.201. The first-order valence-corrected chi connectivity index (χ1v) is 13.2. The van der Waals surface area contributed by atoms with E-state index in [9.17, 15) is 18.7 Å². The molecule has 7 nitrogen and oxygen atoms in total. The molecule has 5 aromatic rings. The zero-order valence-electron chi connectivity index (χ0n) is 23.2. The zero-order chi connectivity index (χ0) is 30.0. The minimum Gasteiger partial charge on any atom is -0.478 e. The molecule has 0 saturated heterocycles. The number of hydrogen-bond acceptors (Lipinski definition) is 5. The average Bonchev–Trinajstić information content (AvgIpc) is 3.30. The van der Waals surface area contributed by atoms with E-state index in [1.54, 1.807) is 44.4 Å². The summed E-state index contributed by atoms with van der Waals surface area (Å²) in [6, 6.07) is 14.9. The van der Waals surface area contributed by atoms with E-state index in [2.05, 4.69) is 9.97 Å². The molecule has 0 unspecified atom stereocenters. The number of pyridine rings is 1. The van der Waals surface area contributed by atoms with Gasteiger partial charge in [-0.3, -0.25) is 0 Å². The SMILES string of the molecule is COCCn1c(Cc2cc(F)c(-c3ccc(F)c(OCc4ccc(C)cc4F)n3)cc2C)nc2ccc(C(=O)O)cc21. The second-order valence-corrected chi connectivity index (χ2v) is 9.98. The standard InChI is InChI=1S/C32H28F3N3O4/c1-18-4-5-21(25(34)12-18)17-42-31-24(33)7-9-27(37-31)23-13-19(2)22(14-26(23)35)16-30-36-28-8-6-20(32(39)40)15-29(28)38(30)10-11-41-3/h4-9,12-15H,10-11,16-17H2,1-3H3,(H,39,40). The van der Waals surface area contributed by atoms with Gasteiger partial charge in [-0.1, -0.05) is 12.1 Å². The largest absolute Gasteiger partial charge is 0.478 e. The summed E-state index contributed by atoms with van der Waals surface area (Å²) in [4.78, 5) is 20.4. The third kappa shape index (κ3) is 5.99. The number of methoxy groups -OCH3 is 1. The predicted octanol–water partition coefficient (Wildman–Crippen LogP) is 6.65. The van der Waals surface area contributed by atoms with Gasteiger partial charge in [0, 0.05) is 31.2 Å². The van der Waals surface area contributed by atoms with Crippen molar-refractivity contribution in [3.05, 3.63) is 112 Å². The molecule has 0 bridgehead atoms.